The van der Waals surface area contributed by atoms with Crippen molar-refractivity contribution < 1.29 is 31.7 Å². The van der Waals surface area contributed by atoms with Crippen LogP contribution in [0.4, 0.5) is 0 Å². The summed E-state index contributed by atoms with van der Waals surface area (Å²) in [5, 5.41) is 0. The number of para-hydroxylation sites is 2. The molecular weight excluding hydrogens is 378 g/mol. The molecule has 0 amide bonds. The summed E-state index contributed by atoms with van der Waals surface area (Å²) in [5.41, 5.74) is 0. The van der Waals surface area contributed by atoms with Gasteiger partial charge in [0.25, 0.3) is 0 Å². The highest BCUT2D eigenvalue weighted by molar-refractivity contribution is 7.54. The second-order valence-electron chi connectivity index (χ2n) is 4.89. The van der Waals surface area contributed by atoms with Crippen LogP contribution in [-0.4, -0.2) is 20.4 Å². The van der Waals surface area contributed by atoms with Crippen molar-refractivity contribution in [1.29, 1.82) is 0 Å². The zero-order chi connectivity index (χ0) is 18.9. The van der Waals surface area contributed by atoms with Crippen molar-refractivity contribution in [3.05, 3.63) is 73.0 Å². The van der Waals surface area contributed by atoms with Gasteiger partial charge in [0.1, 0.15) is 11.5 Å². The zero-order valence-corrected chi connectivity index (χ0v) is 16.2. The molecule has 0 saturated heterocycles. The first-order chi connectivity index (χ1) is 12.5. The van der Waals surface area contributed by atoms with Gasteiger partial charge in [-0.25, -0.2) is 0 Å². The molecular formula is C17H20O7P2. The molecule has 0 fully saturated rings. The molecule has 0 radical (unpaired) electrons. The molecule has 2 rings (SSSR count). The highest BCUT2D eigenvalue weighted by Crippen LogP contribution is 2.50. The molecule has 0 aromatic heterocycles. The van der Waals surface area contributed by atoms with Crippen molar-refractivity contribution in [3.8, 4) is 11.5 Å². The Morgan fingerprint density at radius 3 is 1.69 bits per heavy atom. The Balaban J connectivity index is 2.12. The second kappa shape index (κ2) is 9.60. The Morgan fingerprint density at radius 1 is 0.808 bits per heavy atom. The monoisotopic (exact) mass is 398 g/mol. The van der Waals surface area contributed by atoms with Gasteiger partial charge in [0.2, 0.25) is 0 Å². The average Bonchev–Trinajstić information content (AvgIpc) is 2.66. The summed E-state index contributed by atoms with van der Waals surface area (Å²) >= 11 is 0. The largest absolute Gasteiger partial charge is 0.646 e. The van der Waals surface area contributed by atoms with E-state index in [2.05, 4.69) is 0 Å². The van der Waals surface area contributed by atoms with Gasteiger partial charge in [-0.2, -0.15) is 4.57 Å². The molecule has 0 unspecified atom stereocenters. The van der Waals surface area contributed by atoms with Crippen LogP contribution in [0.3, 0.4) is 0 Å². The van der Waals surface area contributed by atoms with Crippen molar-refractivity contribution in [3.63, 3.8) is 0 Å². The summed E-state index contributed by atoms with van der Waals surface area (Å²) in [4.78, 5) is 0. The van der Waals surface area contributed by atoms with Crippen LogP contribution in [0.15, 0.2) is 73.0 Å². The lowest BCUT2D eigenvalue weighted by Gasteiger charge is -2.17. The van der Waals surface area contributed by atoms with Crippen LogP contribution >= 0.6 is 15.4 Å². The van der Waals surface area contributed by atoms with Gasteiger partial charge in [0.05, 0.1) is 12.4 Å². The Kier molecular flexibility index (Phi) is 7.49. The maximum Gasteiger partial charge on any atom is 0.646 e. The molecule has 0 aliphatic heterocycles. The van der Waals surface area contributed by atoms with Crippen molar-refractivity contribution in [2.24, 2.45) is 0 Å². The van der Waals surface area contributed by atoms with E-state index in [1.807, 2.05) is 0 Å². The van der Waals surface area contributed by atoms with Crippen molar-refractivity contribution >= 4 is 15.4 Å². The maximum absolute atomic E-state index is 13.0. The van der Waals surface area contributed by atoms with Crippen LogP contribution in [0.5, 0.6) is 11.5 Å². The van der Waals surface area contributed by atoms with E-state index in [0.29, 0.717) is 11.5 Å². The number of hydrogen-bond acceptors (Lipinski definition) is 7. The van der Waals surface area contributed by atoms with Crippen molar-refractivity contribution in [2.45, 2.75) is 0 Å². The Morgan fingerprint density at radius 2 is 1.27 bits per heavy atom. The first kappa shape index (κ1) is 20.3. The minimum atomic E-state index is -4.02. The second-order valence-corrected chi connectivity index (χ2v) is 8.68. The molecule has 2 aromatic rings. The molecule has 0 aliphatic rings. The molecule has 0 N–H and O–H groups in total. The molecule has 0 bridgehead atoms. The van der Waals surface area contributed by atoms with E-state index >= 15 is 0 Å². The lowest BCUT2D eigenvalue weighted by atomic mass is 10.3. The average molecular weight is 398 g/mol. The zero-order valence-electron chi connectivity index (χ0n) is 14.4. The minimum absolute atomic E-state index is 0.0589. The van der Waals surface area contributed by atoms with Gasteiger partial charge in [-0.3, -0.25) is 4.57 Å². The molecule has 0 aliphatic carbocycles. The molecule has 0 atom stereocenters. The van der Waals surface area contributed by atoms with Crippen LogP contribution in [0.1, 0.15) is 0 Å². The lowest BCUT2D eigenvalue weighted by Crippen LogP contribution is -2.02. The summed E-state index contributed by atoms with van der Waals surface area (Å²) in [6.07, 6.45) is 2.40. The van der Waals surface area contributed by atoms with E-state index in [1.54, 1.807) is 60.7 Å². The molecule has 2 aromatic carbocycles. The van der Waals surface area contributed by atoms with E-state index in [4.69, 9.17) is 22.6 Å². The van der Waals surface area contributed by atoms with Crippen LogP contribution in [-0.2, 0) is 22.7 Å². The number of phosphoric acid groups is 1. The molecule has 9 heteroatoms. The summed E-state index contributed by atoms with van der Waals surface area (Å²) in [6, 6.07) is 17.0. The number of benzene rings is 2. The molecule has 0 saturated carbocycles. The number of hydrogen-bond donors (Lipinski definition) is 0. The predicted molar refractivity (Wildman–Crippen MR) is 98.5 cm³/mol. The molecule has 0 heterocycles. The summed E-state index contributed by atoms with van der Waals surface area (Å²) in [6.45, 7) is 0. The SMILES string of the molecule is COP(=O)(C/C=C/OP(=O)(Oc1ccccc1)Oc1ccccc1)OC. The van der Waals surface area contributed by atoms with Gasteiger partial charge in [0.15, 0.2) is 0 Å². The minimum Gasteiger partial charge on any atom is -0.394 e. The Labute approximate surface area is 152 Å². The van der Waals surface area contributed by atoms with Gasteiger partial charge in [-0.1, -0.05) is 36.4 Å². The van der Waals surface area contributed by atoms with Crippen LogP contribution in [0.2, 0.25) is 0 Å². The number of rotatable bonds is 10. The van der Waals surface area contributed by atoms with Gasteiger partial charge < -0.3 is 22.6 Å². The van der Waals surface area contributed by atoms with E-state index in [-0.39, 0.29) is 6.16 Å². The van der Waals surface area contributed by atoms with E-state index in [9.17, 15) is 9.13 Å². The third kappa shape index (κ3) is 6.36. The molecule has 140 valence electrons. The summed E-state index contributed by atoms with van der Waals surface area (Å²) < 4.78 is 50.6. The van der Waals surface area contributed by atoms with E-state index < -0.39 is 15.4 Å². The quantitative estimate of drug-likeness (QED) is 0.398. The Bertz CT molecular complexity index is 740. The van der Waals surface area contributed by atoms with Gasteiger partial charge in [-0.15, -0.1) is 0 Å². The highest BCUT2D eigenvalue weighted by atomic mass is 31.2. The third-order valence-electron chi connectivity index (χ3n) is 3.09. The molecule has 26 heavy (non-hydrogen) atoms. The van der Waals surface area contributed by atoms with Gasteiger partial charge in [-0.05, 0) is 30.3 Å². The summed E-state index contributed by atoms with van der Waals surface area (Å²) in [5.74, 6) is 0.638. The normalized spacial score (nSPS) is 12.1. The molecule has 0 spiro atoms. The fourth-order valence-corrected chi connectivity index (χ4v) is 3.71. The predicted octanol–water partition coefficient (Wildman–Crippen LogP) is 5.27. The first-order valence-corrected chi connectivity index (χ1v) is 10.8. The summed E-state index contributed by atoms with van der Waals surface area (Å²) in [7, 11) is -4.70. The van der Waals surface area contributed by atoms with E-state index in [1.165, 1.54) is 20.3 Å². The standard InChI is InChI=1S/C17H20O7P2/c1-20-25(18,21-2)15-9-14-22-26(19,23-16-10-5-3-6-11-16)24-17-12-7-4-8-13-17/h3-14H,15H2,1-2H3/b14-9+. The van der Waals surface area contributed by atoms with Crippen LogP contribution in [0.25, 0.3) is 0 Å². The molecule has 7 nitrogen and oxygen atoms in total. The Hall–Kier alpha value is -2.04. The fraction of sp³-hybridized carbons (Fsp3) is 0.176. The number of phosphoric ester groups is 1. The fourth-order valence-electron chi connectivity index (χ4n) is 1.80. The van der Waals surface area contributed by atoms with Gasteiger partial charge >= 0.3 is 15.4 Å². The first-order valence-electron chi connectivity index (χ1n) is 7.62. The van der Waals surface area contributed by atoms with Gasteiger partial charge in [0, 0.05) is 14.2 Å². The maximum atomic E-state index is 13.0. The highest BCUT2D eigenvalue weighted by Gasteiger charge is 2.31. The van der Waals surface area contributed by atoms with Crippen molar-refractivity contribution in [1.82, 2.24) is 0 Å². The lowest BCUT2D eigenvalue weighted by molar-refractivity contribution is 0.270. The van der Waals surface area contributed by atoms with Crippen LogP contribution < -0.4 is 9.05 Å². The van der Waals surface area contributed by atoms with Crippen LogP contribution in [0, 0.1) is 0 Å². The third-order valence-corrected chi connectivity index (χ3v) is 6.11. The van der Waals surface area contributed by atoms with E-state index in [0.717, 1.165) is 6.26 Å². The van der Waals surface area contributed by atoms with Crippen molar-refractivity contribution in [2.75, 3.05) is 20.4 Å². The number of allylic oxidation sites excluding steroid dienone is 1. The smallest absolute Gasteiger partial charge is 0.394 e. The topological polar surface area (TPSA) is 80.3 Å².